The minimum absolute atomic E-state index is 0.0202. The van der Waals surface area contributed by atoms with Crippen molar-refractivity contribution in [2.24, 2.45) is 5.73 Å². The van der Waals surface area contributed by atoms with Gasteiger partial charge >= 0.3 is 0 Å². The molecule has 104 valence electrons. The number of hydrogen-bond acceptors (Lipinski definition) is 3. The molecule has 0 spiro atoms. The van der Waals surface area contributed by atoms with E-state index in [1.807, 2.05) is 6.92 Å². The van der Waals surface area contributed by atoms with Gasteiger partial charge < -0.3 is 16.4 Å². The zero-order chi connectivity index (χ0) is 13.4. The summed E-state index contributed by atoms with van der Waals surface area (Å²) in [5.41, 5.74) is 5.56. The fourth-order valence-corrected chi connectivity index (χ4v) is 2.15. The van der Waals surface area contributed by atoms with Crippen molar-refractivity contribution < 1.29 is 9.59 Å². The summed E-state index contributed by atoms with van der Waals surface area (Å²) in [6.45, 7) is 1.94. The minimum Gasteiger partial charge on any atom is -0.352 e. The summed E-state index contributed by atoms with van der Waals surface area (Å²) in [5.74, 6) is -0.192. The van der Waals surface area contributed by atoms with Gasteiger partial charge in [-0.25, -0.2) is 0 Å². The van der Waals surface area contributed by atoms with E-state index >= 15 is 0 Å². The molecule has 1 rings (SSSR count). The molecule has 18 heavy (non-hydrogen) atoms. The van der Waals surface area contributed by atoms with Gasteiger partial charge in [0, 0.05) is 18.5 Å². The summed E-state index contributed by atoms with van der Waals surface area (Å²) < 4.78 is 0. The number of nitrogens with one attached hydrogen (secondary N) is 2. The molecule has 0 aliphatic heterocycles. The van der Waals surface area contributed by atoms with Crippen molar-refractivity contribution in [2.75, 3.05) is 6.54 Å². The Morgan fingerprint density at radius 2 is 1.89 bits per heavy atom. The van der Waals surface area contributed by atoms with Crippen molar-refractivity contribution in [3.8, 4) is 0 Å². The zero-order valence-corrected chi connectivity index (χ0v) is 11.2. The third-order valence-corrected chi connectivity index (χ3v) is 3.24. The maximum absolute atomic E-state index is 11.6. The van der Waals surface area contributed by atoms with Gasteiger partial charge in [0.15, 0.2) is 0 Å². The van der Waals surface area contributed by atoms with Crippen LogP contribution < -0.4 is 16.4 Å². The molecule has 1 atom stereocenters. The van der Waals surface area contributed by atoms with Gasteiger partial charge in [0.2, 0.25) is 11.8 Å². The van der Waals surface area contributed by atoms with Crippen LogP contribution >= 0.6 is 0 Å². The van der Waals surface area contributed by atoms with Crippen molar-refractivity contribution in [1.82, 2.24) is 10.6 Å². The Hall–Kier alpha value is -1.10. The molecule has 1 aliphatic rings. The van der Waals surface area contributed by atoms with E-state index in [1.54, 1.807) is 0 Å². The first-order chi connectivity index (χ1) is 8.58. The highest BCUT2D eigenvalue weighted by molar-refractivity contribution is 5.84. The van der Waals surface area contributed by atoms with Crippen LogP contribution in [0.3, 0.4) is 0 Å². The van der Waals surface area contributed by atoms with Gasteiger partial charge in [-0.3, -0.25) is 9.59 Å². The SMILES string of the molecule is CC(N)CCC(=O)NCC(=O)NC1CCCCC1. The molecular weight excluding hydrogens is 230 g/mol. The lowest BCUT2D eigenvalue weighted by atomic mass is 9.95. The second-order valence-electron chi connectivity index (χ2n) is 5.20. The first kappa shape index (κ1) is 15.0. The maximum Gasteiger partial charge on any atom is 0.239 e. The van der Waals surface area contributed by atoms with E-state index in [2.05, 4.69) is 10.6 Å². The van der Waals surface area contributed by atoms with Gasteiger partial charge in [-0.05, 0) is 26.2 Å². The highest BCUT2D eigenvalue weighted by Gasteiger charge is 2.15. The van der Waals surface area contributed by atoms with Gasteiger partial charge in [-0.1, -0.05) is 19.3 Å². The van der Waals surface area contributed by atoms with E-state index in [0.717, 1.165) is 12.8 Å². The predicted molar refractivity (Wildman–Crippen MR) is 70.9 cm³/mol. The van der Waals surface area contributed by atoms with Crippen LogP contribution in [-0.2, 0) is 9.59 Å². The van der Waals surface area contributed by atoms with E-state index in [1.165, 1.54) is 19.3 Å². The summed E-state index contributed by atoms with van der Waals surface area (Å²) in [4.78, 5) is 23.0. The molecule has 2 amide bonds. The molecule has 0 radical (unpaired) electrons. The number of amides is 2. The second-order valence-corrected chi connectivity index (χ2v) is 5.20. The normalized spacial score (nSPS) is 18.1. The quantitative estimate of drug-likeness (QED) is 0.652. The average Bonchev–Trinajstić information content (AvgIpc) is 2.35. The lowest BCUT2D eigenvalue weighted by Gasteiger charge is -2.22. The molecule has 1 aliphatic carbocycles. The average molecular weight is 255 g/mol. The van der Waals surface area contributed by atoms with Crippen molar-refractivity contribution >= 4 is 11.8 Å². The number of carbonyl (C=O) groups is 2. The summed E-state index contributed by atoms with van der Waals surface area (Å²) >= 11 is 0. The molecule has 0 bridgehead atoms. The number of carbonyl (C=O) groups excluding carboxylic acids is 2. The summed E-state index contributed by atoms with van der Waals surface area (Å²) in [6.07, 6.45) is 6.79. The molecule has 1 fully saturated rings. The Bertz CT molecular complexity index is 273. The molecule has 4 N–H and O–H groups in total. The van der Waals surface area contributed by atoms with Crippen LogP contribution in [0.5, 0.6) is 0 Å². The van der Waals surface area contributed by atoms with Crippen molar-refractivity contribution in [3.05, 3.63) is 0 Å². The summed E-state index contributed by atoms with van der Waals surface area (Å²) in [7, 11) is 0. The molecular formula is C13H25N3O2. The fraction of sp³-hybridized carbons (Fsp3) is 0.846. The van der Waals surface area contributed by atoms with E-state index in [4.69, 9.17) is 5.73 Å². The molecule has 1 unspecified atom stereocenters. The van der Waals surface area contributed by atoms with Gasteiger partial charge in [0.1, 0.15) is 0 Å². The van der Waals surface area contributed by atoms with Crippen molar-refractivity contribution in [2.45, 2.75) is 64.0 Å². The lowest BCUT2D eigenvalue weighted by Crippen LogP contribution is -2.42. The molecule has 0 heterocycles. The maximum atomic E-state index is 11.6. The topological polar surface area (TPSA) is 84.2 Å². The molecule has 5 heteroatoms. The standard InChI is InChI=1S/C13H25N3O2/c1-10(14)7-8-12(17)15-9-13(18)16-11-5-3-2-4-6-11/h10-11H,2-9,14H2,1H3,(H,15,17)(H,16,18). The highest BCUT2D eigenvalue weighted by Crippen LogP contribution is 2.16. The smallest absolute Gasteiger partial charge is 0.239 e. The molecule has 5 nitrogen and oxygen atoms in total. The van der Waals surface area contributed by atoms with E-state index in [9.17, 15) is 9.59 Å². The molecule has 0 aromatic heterocycles. The lowest BCUT2D eigenvalue weighted by molar-refractivity contribution is -0.126. The Morgan fingerprint density at radius 1 is 1.22 bits per heavy atom. The molecule has 0 aromatic carbocycles. The van der Waals surface area contributed by atoms with E-state index in [-0.39, 0.29) is 24.4 Å². The first-order valence-corrected chi connectivity index (χ1v) is 6.89. The Balaban J connectivity index is 2.10. The van der Waals surface area contributed by atoms with Crippen LogP contribution in [-0.4, -0.2) is 30.4 Å². The summed E-state index contributed by atoms with van der Waals surface area (Å²) in [6, 6.07) is 0.319. The van der Waals surface area contributed by atoms with Crippen LogP contribution in [0.1, 0.15) is 51.9 Å². The van der Waals surface area contributed by atoms with E-state index in [0.29, 0.717) is 18.9 Å². The van der Waals surface area contributed by atoms with Crippen LogP contribution in [0.25, 0.3) is 0 Å². The third kappa shape index (κ3) is 6.59. The fourth-order valence-electron chi connectivity index (χ4n) is 2.15. The summed E-state index contributed by atoms with van der Waals surface area (Å²) in [5, 5.41) is 5.58. The van der Waals surface area contributed by atoms with Crippen LogP contribution in [0.15, 0.2) is 0 Å². The van der Waals surface area contributed by atoms with Gasteiger partial charge in [-0.2, -0.15) is 0 Å². The first-order valence-electron chi connectivity index (χ1n) is 6.89. The largest absolute Gasteiger partial charge is 0.352 e. The van der Waals surface area contributed by atoms with Crippen LogP contribution in [0.2, 0.25) is 0 Å². The number of nitrogens with two attached hydrogens (primary N) is 1. The Morgan fingerprint density at radius 3 is 2.50 bits per heavy atom. The number of hydrogen-bond donors (Lipinski definition) is 3. The van der Waals surface area contributed by atoms with E-state index < -0.39 is 0 Å². The predicted octanol–water partition coefficient (Wildman–Crippen LogP) is 0.679. The van der Waals surface area contributed by atoms with Crippen molar-refractivity contribution in [1.29, 1.82) is 0 Å². The Kier molecular flexibility index (Phi) is 6.72. The van der Waals surface area contributed by atoms with Gasteiger partial charge in [-0.15, -0.1) is 0 Å². The monoisotopic (exact) mass is 255 g/mol. The highest BCUT2D eigenvalue weighted by atomic mass is 16.2. The van der Waals surface area contributed by atoms with Gasteiger partial charge in [0.25, 0.3) is 0 Å². The second kappa shape index (κ2) is 8.08. The minimum atomic E-state index is -0.105. The zero-order valence-electron chi connectivity index (χ0n) is 11.2. The van der Waals surface area contributed by atoms with Crippen LogP contribution in [0, 0.1) is 0 Å². The number of rotatable bonds is 6. The molecule has 0 aromatic rings. The van der Waals surface area contributed by atoms with Gasteiger partial charge in [0.05, 0.1) is 6.54 Å². The molecule has 1 saturated carbocycles. The molecule has 0 saturated heterocycles. The Labute approximate surface area is 109 Å². The third-order valence-electron chi connectivity index (χ3n) is 3.24. The van der Waals surface area contributed by atoms with Crippen LogP contribution in [0.4, 0.5) is 0 Å². The van der Waals surface area contributed by atoms with Crippen molar-refractivity contribution in [3.63, 3.8) is 0 Å².